The summed E-state index contributed by atoms with van der Waals surface area (Å²) in [4.78, 5) is 15.3. The molecule has 1 aromatic carbocycles. The van der Waals surface area contributed by atoms with Gasteiger partial charge in [-0.05, 0) is 30.7 Å². The van der Waals surface area contributed by atoms with Crippen LogP contribution in [0.4, 0.5) is 6.01 Å². The first-order valence-electron chi connectivity index (χ1n) is 5.45. The first-order chi connectivity index (χ1) is 8.52. The highest BCUT2D eigenvalue weighted by atomic mass is 16.5. The summed E-state index contributed by atoms with van der Waals surface area (Å²) in [5.41, 5.74) is 7.44. The molecule has 0 aliphatic carbocycles. The second-order valence-corrected chi connectivity index (χ2v) is 3.97. The van der Waals surface area contributed by atoms with Gasteiger partial charge in [-0.3, -0.25) is 4.79 Å². The van der Waals surface area contributed by atoms with Gasteiger partial charge < -0.3 is 14.9 Å². The Morgan fingerprint density at radius 1 is 1.44 bits per heavy atom. The third-order valence-electron chi connectivity index (χ3n) is 2.63. The Kier molecular flexibility index (Phi) is 3.06. The van der Waals surface area contributed by atoms with Gasteiger partial charge in [-0.25, -0.2) is 0 Å². The van der Waals surface area contributed by atoms with E-state index in [0.29, 0.717) is 5.76 Å². The molecule has 2 rings (SSSR count). The van der Waals surface area contributed by atoms with Gasteiger partial charge in [0.1, 0.15) is 5.75 Å². The van der Waals surface area contributed by atoms with E-state index in [1.165, 1.54) is 6.92 Å². The molecule has 2 aromatic rings. The molecule has 0 spiro atoms. The molecule has 0 saturated heterocycles. The van der Waals surface area contributed by atoms with Crippen LogP contribution in [0.25, 0.3) is 11.3 Å². The van der Waals surface area contributed by atoms with E-state index in [2.05, 4.69) is 4.98 Å². The van der Waals surface area contributed by atoms with E-state index < -0.39 is 0 Å². The van der Waals surface area contributed by atoms with E-state index in [0.717, 1.165) is 16.9 Å². The van der Waals surface area contributed by atoms with Gasteiger partial charge in [0.05, 0.1) is 7.11 Å². The Bertz CT molecular complexity index is 602. The molecule has 1 aromatic heterocycles. The minimum absolute atomic E-state index is 0.0105. The van der Waals surface area contributed by atoms with Gasteiger partial charge in [0.25, 0.3) is 6.01 Å². The summed E-state index contributed by atoms with van der Waals surface area (Å²) in [7, 11) is 1.61. The molecule has 0 atom stereocenters. The molecule has 0 amide bonds. The second kappa shape index (κ2) is 4.52. The van der Waals surface area contributed by atoms with Crippen LogP contribution in [0.5, 0.6) is 5.75 Å². The highest BCUT2D eigenvalue weighted by Crippen LogP contribution is 2.30. The van der Waals surface area contributed by atoms with E-state index in [1.807, 2.05) is 19.1 Å². The first kappa shape index (κ1) is 12.2. The average molecular weight is 246 g/mol. The molecule has 0 aliphatic rings. The fraction of sp³-hybridized carbons (Fsp3) is 0.231. The third-order valence-corrected chi connectivity index (χ3v) is 2.63. The fourth-order valence-electron chi connectivity index (χ4n) is 1.79. The van der Waals surface area contributed by atoms with Crippen LogP contribution < -0.4 is 10.5 Å². The number of ketones is 1. The molecule has 5 heteroatoms. The van der Waals surface area contributed by atoms with E-state index in [9.17, 15) is 4.79 Å². The molecule has 94 valence electrons. The number of hydrogen-bond acceptors (Lipinski definition) is 5. The number of aryl methyl sites for hydroxylation is 1. The van der Waals surface area contributed by atoms with Gasteiger partial charge in [-0.15, -0.1) is 0 Å². The largest absolute Gasteiger partial charge is 0.496 e. The molecule has 0 bridgehead atoms. The van der Waals surface area contributed by atoms with E-state index >= 15 is 0 Å². The number of ether oxygens (including phenoxy) is 1. The fourth-order valence-corrected chi connectivity index (χ4v) is 1.79. The van der Waals surface area contributed by atoms with Crippen LogP contribution in [0.15, 0.2) is 22.6 Å². The van der Waals surface area contributed by atoms with Gasteiger partial charge in [0, 0.05) is 12.5 Å². The number of nitrogen functional groups attached to an aromatic ring is 1. The predicted octanol–water partition coefficient (Wildman–Crippen LogP) is 2.44. The van der Waals surface area contributed by atoms with Gasteiger partial charge in [-0.1, -0.05) is 0 Å². The minimum Gasteiger partial charge on any atom is -0.496 e. The number of aromatic nitrogens is 1. The van der Waals surface area contributed by atoms with Crippen molar-refractivity contribution in [3.8, 4) is 17.1 Å². The van der Waals surface area contributed by atoms with Crippen molar-refractivity contribution in [2.24, 2.45) is 0 Å². The first-order valence-corrected chi connectivity index (χ1v) is 5.45. The van der Waals surface area contributed by atoms with Crippen molar-refractivity contribution in [3.05, 3.63) is 29.5 Å². The van der Waals surface area contributed by atoms with Crippen LogP contribution >= 0.6 is 0 Å². The van der Waals surface area contributed by atoms with Crippen molar-refractivity contribution >= 4 is 11.8 Å². The highest BCUT2D eigenvalue weighted by Gasteiger charge is 2.18. The maximum Gasteiger partial charge on any atom is 0.293 e. The van der Waals surface area contributed by atoms with Crippen molar-refractivity contribution < 1.29 is 13.9 Å². The molecule has 18 heavy (non-hydrogen) atoms. The average Bonchev–Trinajstić information content (AvgIpc) is 2.71. The number of rotatable bonds is 3. The summed E-state index contributed by atoms with van der Waals surface area (Å²) in [5.74, 6) is 0.986. The Balaban J connectivity index is 2.55. The molecule has 5 nitrogen and oxygen atoms in total. The predicted molar refractivity (Wildman–Crippen MR) is 67.6 cm³/mol. The number of Topliss-reactive ketones (excluding diaryl/α,β-unsaturated/α-hetero) is 1. The lowest BCUT2D eigenvalue weighted by Crippen LogP contribution is -1.96. The summed E-state index contributed by atoms with van der Waals surface area (Å²) in [6, 6.07) is 5.47. The van der Waals surface area contributed by atoms with Crippen LogP contribution in [-0.4, -0.2) is 17.9 Å². The van der Waals surface area contributed by atoms with Gasteiger partial charge >= 0.3 is 0 Å². The maximum atomic E-state index is 11.5. The molecule has 0 unspecified atom stereocenters. The van der Waals surface area contributed by atoms with Crippen LogP contribution in [0.1, 0.15) is 23.0 Å². The number of methoxy groups -OCH3 is 1. The number of oxazole rings is 1. The number of carbonyl (C=O) groups is 1. The standard InChI is InChI=1S/C13H14N2O3/c1-7-6-9(4-5-10(7)17-3)12-11(8(2)16)15-13(14)18-12/h4-6H,1-3H3,(H2,14,15). The molecular formula is C13H14N2O3. The zero-order valence-corrected chi connectivity index (χ0v) is 10.5. The lowest BCUT2D eigenvalue weighted by Gasteiger charge is -2.06. The van der Waals surface area contributed by atoms with Crippen LogP contribution in [-0.2, 0) is 0 Å². The Morgan fingerprint density at radius 2 is 2.17 bits per heavy atom. The zero-order valence-electron chi connectivity index (χ0n) is 10.5. The van der Waals surface area contributed by atoms with E-state index in [-0.39, 0.29) is 17.5 Å². The smallest absolute Gasteiger partial charge is 0.293 e. The topological polar surface area (TPSA) is 78.3 Å². The summed E-state index contributed by atoms with van der Waals surface area (Å²) in [5, 5.41) is 0. The number of anilines is 1. The normalized spacial score (nSPS) is 10.4. The van der Waals surface area contributed by atoms with Crippen molar-refractivity contribution in [2.45, 2.75) is 13.8 Å². The molecule has 0 fully saturated rings. The summed E-state index contributed by atoms with van der Waals surface area (Å²) in [6.07, 6.45) is 0. The lowest BCUT2D eigenvalue weighted by molar-refractivity contribution is 0.101. The quantitative estimate of drug-likeness (QED) is 0.841. The SMILES string of the molecule is COc1ccc(-c2oc(N)nc2C(C)=O)cc1C. The third kappa shape index (κ3) is 2.07. The number of hydrogen-bond donors (Lipinski definition) is 1. The van der Waals surface area contributed by atoms with Crippen molar-refractivity contribution in [1.29, 1.82) is 0 Å². The lowest BCUT2D eigenvalue weighted by atomic mass is 10.1. The van der Waals surface area contributed by atoms with E-state index in [1.54, 1.807) is 13.2 Å². The summed E-state index contributed by atoms with van der Waals surface area (Å²) in [6.45, 7) is 3.34. The van der Waals surface area contributed by atoms with Crippen LogP contribution in [0.3, 0.4) is 0 Å². The molecule has 0 saturated carbocycles. The minimum atomic E-state index is -0.182. The number of nitrogens with two attached hydrogens (primary N) is 1. The van der Waals surface area contributed by atoms with Gasteiger partial charge in [0.2, 0.25) is 0 Å². The number of carbonyl (C=O) groups excluding carboxylic acids is 1. The summed E-state index contributed by atoms with van der Waals surface area (Å²) >= 11 is 0. The second-order valence-electron chi connectivity index (χ2n) is 3.97. The Hall–Kier alpha value is -2.30. The molecule has 0 radical (unpaired) electrons. The zero-order chi connectivity index (χ0) is 13.3. The maximum absolute atomic E-state index is 11.5. The van der Waals surface area contributed by atoms with Crippen LogP contribution in [0, 0.1) is 6.92 Å². The summed E-state index contributed by atoms with van der Waals surface area (Å²) < 4.78 is 10.5. The number of nitrogens with zero attached hydrogens (tertiary/aromatic N) is 1. The Labute approximate surface area is 105 Å². The van der Waals surface area contributed by atoms with E-state index in [4.69, 9.17) is 14.9 Å². The molecule has 1 heterocycles. The molecule has 2 N–H and O–H groups in total. The van der Waals surface area contributed by atoms with Crippen molar-refractivity contribution in [3.63, 3.8) is 0 Å². The van der Waals surface area contributed by atoms with Crippen molar-refractivity contribution in [2.75, 3.05) is 12.8 Å². The highest BCUT2D eigenvalue weighted by molar-refractivity contribution is 5.98. The number of benzene rings is 1. The molecule has 0 aliphatic heterocycles. The monoisotopic (exact) mass is 246 g/mol. The van der Waals surface area contributed by atoms with Crippen molar-refractivity contribution in [1.82, 2.24) is 4.98 Å². The Morgan fingerprint density at radius 3 is 2.72 bits per heavy atom. The van der Waals surface area contributed by atoms with Gasteiger partial charge in [0.15, 0.2) is 17.2 Å². The van der Waals surface area contributed by atoms with Crippen LogP contribution in [0.2, 0.25) is 0 Å². The van der Waals surface area contributed by atoms with Gasteiger partial charge in [-0.2, -0.15) is 4.98 Å². The molecular weight excluding hydrogens is 232 g/mol.